The summed E-state index contributed by atoms with van der Waals surface area (Å²) in [4.78, 5) is 12.3. The molecule has 0 aliphatic rings. The van der Waals surface area contributed by atoms with Crippen LogP contribution in [0.15, 0.2) is 39.6 Å². The molecule has 0 bridgehead atoms. The SMILES string of the molecule is COc1cc(-c2nnc(COC(=O)c3cc(S(C)(=O)=O)ccc3Cl)o2)cc(OC)c1OC. The van der Waals surface area contributed by atoms with E-state index < -0.39 is 15.8 Å². The lowest BCUT2D eigenvalue weighted by molar-refractivity contribution is 0.0438. The van der Waals surface area contributed by atoms with Gasteiger partial charge in [-0.15, -0.1) is 10.2 Å². The summed E-state index contributed by atoms with van der Waals surface area (Å²) in [5.74, 6) is 0.500. The summed E-state index contributed by atoms with van der Waals surface area (Å²) in [6.45, 7) is -0.351. The highest BCUT2D eigenvalue weighted by atomic mass is 35.5. The Morgan fingerprint density at radius 3 is 2.25 bits per heavy atom. The van der Waals surface area contributed by atoms with E-state index in [9.17, 15) is 13.2 Å². The molecule has 0 fully saturated rings. The van der Waals surface area contributed by atoms with Crippen LogP contribution in [0.5, 0.6) is 17.2 Å². The maximum Gasteiger partial charge on any atom is 0.340 e. The van der Waals surface area contributed by atoms with E-state index in [4.69, 9.17) is 35.0 Å². The van der Waals surface area contributed by atoms with Gasteiger partial charge in [0.25, 0.3) is 5.89 Å². The second-order valence-corrected chi connectivity index (χ2v) is 8.83. The number of benzene rings is 2. The fraction of sp³-hybridized carbons (Fsp3) is 0.250. The summed E-state index contributed by atoms with van der Waals surface area (Å²) in [7, 11) is 0.912. The molecule has 3 aromatic rings. The van der Waals surface area contributed by atoms with Crippen molar-refractivity contribution in [1.29, 1.82) is 0 Å². The van der Waals surface area contributed by atoms with Gasteiger partial charge < -0.3 is 23.4 Å². The molecular weight excluding hydrogens is 464 g/mol. The Bertz CT molecular complexity index is 1230. The maximum absolute atomic E-state index is 12.4. The predicted octanol–water partition coefficient (Wildman–Crippen LogP) is 3.18. The Hall–Kier alpha value is -3.31. The number of ether oxygens (including phenoxy) is 4. The number of carbonyl (C=O) groups is 1. The highest BCUT2D eigenvalue weighted by Gasteiger charge is 2.20. The third-order valence-electron chi connectivity index (χ3n) is 4.29. The van der Waals surface area contributed by atoms with E-state index >= 15 is 0 Å². The van der Waals surface area contributed by atoms with Crippen molar-refractivity contribution in [3.63, 3.8) is 0 Å². The molecule has 32 heavy (non-hydrogen) atoms. The molecule has 3 rings (SSSR count). The number of hydrogen-bond acceptors (Lipinski definition) is 10. The topological polar surface area (TPSA) is 127 Å². The summed E-state index contributed by atoms with van der Waals surface area (Å²) in [6, 6.07) is 7.01. The first-order chi connectivity index (χ1) is 15.2. The van der Waals surface area contributed by atoms with E-state index in [1.165, 1.54) is 33.5 Å². The number of halogens is 1. The normalized spacial score (nSPS) is 11.2. The minimum absolute atomic E-state index is 0.0116. The number of rotatable bonds is 8. The van der Waals surface area contributed by atoms with E-state index in [0.717, 1.165) is 12.3 Å². The van der Waals surface area contributed by atoms with Gasteiger partial charge in [0.2, 0.25) is 11.6 Å². The molecule has 2 aromatic carbocycles. The van der Waals surface area contributed by atoms with Gasteiger partial charge in [-0.1, -0.05) is 11.6 Å². The summed E-state index contributed by atoms with van der Waals surface area (Å²) >= 11 is 6.01. The standard InChI is InChI=1S/C20H19ClN2O8S/c1-27-15-7-11(8-16(28-2)18(15)29-3)19-23-22-17(31-19)10-30-20(24)13-9-12(32(4,25)26)5-6-14(13)21/h5-9H,10H2,1-4H3. The van der Waals surface area contributed by atoms with E-state index in [2.05, 4.69) is 10.2 Å². The summed E-state index contributed by atoms with van der Waals surface area (Å²) in [5.41, 5.74) is 0.396. The number of sulfone groups is 1. The van der Waals surface area contributed by atoms with Gasteiger partial charge >= 0.3 is 5.97 Å². The highest BCUT2D eigenvalue weighted by Crippen LogP contribution is 2.40. The fourth-order valence-corrected chi connectivity index (χ4v) is 3.57. The smallest absolute Gasteiger partial charge is 0.340 e. The van der Waals surface area contributed by atoms with Gasteiger partial charge in [-0.3, -0.25) is 0 Å². The molecule has 0 amide bonds. The third kappa shape index (κ3) is 4.94. The predicted molar refractivity (Wildman–Crippen MR) is 113 cm³/mol. The van der Waals surface area contributed by atoms with Crippen LogP contribution in [-0.2, 0) is 21.2 Å². The molecule has 170 valence electrons. The average Bonchev–Trinajstić information content (AvgIpc) is 3.25. The van der Waals surface area contributed by atoms with Crippen LogP contribution in [0, 0.1) is 0 Å². The molecule has 0 spiro atoms. The van der Waals surface area contributed by atoms with Gasteiger partial charge in [0.1, 0.15) is 0 Å². The van der Waals surface area contributed by atoms with Crippen LogP contribution < -0.4 is 14.2 Å². The Morgan fingerprint density at radius 2 is 1.69 bits per heavy atom. The second-order valence-electron chi connectivity index (χ2n) is 6.40. The quantitative estimate of drug-likeness (QED) is 0.441. The summed E-state index contributed by atoms with van der Waals surface area (Å²) < 4.78 is 50.0. The van der Waals surface area contributed by atoms with Crippen molar-refractivity contribution >= 4 is 27.4 Å². The number of aromatic nitrogens is 2. The van der Waals surface area contributed by atoms with Gasteiger partial charge in [-0.2, -0.15) is 0 Å². The van der Waals surface area contributed by atoms with Gasteiger partial charge in [0, 0.05) is 11.8 Å². The molecule has 0 atom stereocenters. The first-order valence-electron chi connectivity index (χ1n) is 8.97. The molecule has 0 unspecified atom stereocenters. The van der Waals surface area contributed by atoms with E-state index in [1.807, 2.05) is 0 Å². The minimum atomic E-state index is -3.52. The van der Waals surface area contributed by atoms with Crippen LogP contribution in [0.1, 0.15) is 16.2 Å². The van der Waals surface area contributed by atoms with Crippen molar-refractivity contribution in [3.05, 3.63) is 46.8 Å². The molecule has 0 aliphatic heterocycles. The van der Waals surface area contributed by atoms with Crippen molar-refractivity contribution < 1.29 is 36.6 Å². The van der Waals surface area contributed by atoms with E-state index in [-0.39, 0.29) is 33.9 Å². The van der Waals surface area contributed by atoms with Gasteiger partial charge in [0.15, 0.2) is 27.9 Å². The molecule has 0 saturated carbocycles. The number of carbonyl (C=O) groups excluding carboxylic acids is 1. The first kappa shape index (κ1) is 23.4. The Kier molecular flexibility index (Phi) is 6.90. The van der Waals surface area contributed by atoms with Crippen LogP contribution in [0.3, 0.4) is 0 Å². The number of nitrogens with zero attached hydrogens (tertiary/aromatic N) is 2. The molecular formula is C20H19ClN2O8S. The summed E-state index contributed by atoms with van der Waals surface area (Å²) in [6.07, 6.45) is 1.02. The molecule has 10 nitrogen and oxygen atoms in total. The van der Waals surface area contributed by atoms with Gasteiger partial charge in [-0.25, -0.2) is 13.2 Å². The van der Waals surface area contributed by atoms with Crippen molar-refractivity contribution in [2.24, 2.45) is 0 Å². The number of esters is 1. The van der Waals surface area contributed by atoms with Crippen LogP contribution in [0.2, 0.25) is 5.02 Å². The zero-order valence-electron chi connectivity index (χ0n) is 17.5. The van der Waals surface area contributed by atoms with Crippen LogP contribution in [0.4, 0.5) is 0 Å². The Labute approximate surface area is 188 Å². The third-order valence-corrected chi connectivity index (χ3v) is 5.73. The van der Waals surface area contributed by atoms with Crippen LogP contribution in [0.25, 0.3) is 11.5 Å². The molecule has 0 saturated heterocycles. The lowest BCUT2D eigenvalue weighted by Gasteiger charge is -2.12. The zero-order valence-corrected chi connectivity index (χ0v) is 19.1. The van der Waals surface area contributed by atoms with Crippen molar-refractivity contribution in [3.8, 4) is 28.7 Å². The fourth-order valence-electron chi connectivity index (χ4n) is 2.73. The highest BCUT2D eigenvalue weighted by molar-refractivity contribution is 7.90. The largest absolute Gasteiger partial charge is 0.493 e. The van der Waals surface area contributed by atoms with Crippen molar-refractivity contribution in [2.75, 3.05) is 27.6 Å². The zero-order chi connectivity index (χ0) is 23.5. The van der Waals surface area contributed by atoms with Crippen LogP contribution >= 0.6 is 11.6 Å². The van der Waals surface area contributed by atoms with Crippen LogP contribution in [-0.4, -0.2) is 52.2 Å². The maximum atomic E-state index is 12.4. The molecule has 0 aliphatic carbocycles. The first-order valence-corrected chi connectivity index (χ1v) is 11.2. The van der Waals surface area contributed by atoms with E-state index in [1.54, 1.807) is 12.1 Å². The molecule has 0 radical (unpaired) electrons. The molecule has 1 aromatic heterocycles. The molecule has 12 heteroatoms. The lowest BCUT2D eigenvalue weighted by atomic mass is 10.2. The number of hydrogen-bond donors (Lipinski definition) is 0. The van der Waals surface area contributed by atoms with Crippen molar-refractivity contribution in [1.82, 2.24) is 10.2 Å². The van der Waals surface area contributed by atoms with Gasteiger partial charge in [-0.05, 0) is 30.3 Å². The lowest BCUT2D eigenvalue weighted by Crippen LogP contribution is -2.08. The molecule has 1 heterocycles. The number of methoxy groups -OCH3 is 3. The van der Waals surface area contributed by atoms with E-state index in [0.29, 0.717) is 22.8 Å². The Balaban J connectivity index is 1.79. The average molecular weight is 483 g/mol. The minimum Gasteiger partial charge on any atom is -0.493 e. The van der Waals surface area contributed by atoms with Crippen molar-refractivity contribution in [2.45, 2.75) is 11.5 Å². The summed E-state index contributed by atoms with van der Waals surface area (Å²) in [5, 5.41) is 7.84. The Morgan fingerprint density at radius 1 is 1.03 bits per heavy atom. The monoisotopic (exact) mass is 482 g/mol. The molecule has 0 N–H and O–H groups in total. The second kappa shape index (κ2) is 9.45. The van der Waals surface area contributed by atoms with Gasteiger partial charge in [0.05, 0.1) is 36.8 Å².